The highest BCUT2D eigenvalue weighted by molar-refractivity contribution is 5.97. The third kappa shape index (κ3) is 2.18. The van der Waals surface area contributed by atoms with Gasteiger partial charge in [-0.25, -0.2) is 0 Å². The van der Waals surface area contributed by atoms with E-state index in [1.165, 1.54) is 26.2 Å². The molecule has 1 heterocycles. The van der Waals surface area contributed by atoms with Crippen LogP contribution in [0, 0.1) is 5.92 Å². The van der Waals surface area contributed by atoms with Crippen molar-refractivity contribution in [1.82, 2.24) is 0 Å². The highest BCUT2D eigenvalue weighted by Gasteiger charge is 2.34. The molecular formula is C9H12O5. The second-order valence-corrected chi connectivity index (χ2v) is 3.02. The third-order valence-electron chi connectivity index (χ3n) is 2.02. The Bertz CT molecular complexity index is 270. The zero-order chi connectivity index (χ0) is 10.7. The highest BCUT2D eigenvalue weighted by atomic mass is 16.6. The van der Waals surface area contributed by atoms with Crippen molar-refractivity contribution in [3.63, 3.8) is 0 Å². The van der Waals surface area contributed by atoms with Crippen LogP contribution < -0.4 is 0 Å². The van der Waals surface area contributed by atoms with E-state index in [4.69, 9.17) is 9.84 Å². The van der Waals surface area contributed by atoms with E-state index in [2.05, 4.69) is 4.74 Å². The van der Waals surface area contributed by atoms with Crippen molar-refractivity contribution in [3.05, 3.63) is 12.2 Å². The Morgan fingerprint density at radius 3 is 2.93 bits per heavy atom. The molecule has 0 aromatic carbocycles. The number of aliphatic hydroxyl groups is 1. The van der Waals surface area contributed by atoms with E-state index in [1.54, 1.807) is 0 Å². The average Bonchev–Trinajstić information content (AvgIpc) is 2.19. The van der Waals surface area contributed by atoms with Crippen LogP contribution in [-0.2, 0) is 19.1 Å². The minimum atomic E-state index is -1.13. The van der Waals surface area contributed by atoms with Crippen molar-refractivity contribution in [3.8, 4) is 0 Å². The number of carbonyl (C=O) groups is 2. The van der Waals surface area contributed by atoms with Gasteiger partial charge in [0.25, 0.3) is 0 Å². The number of carbonyl (C=O) groups excluding carboxylic acids is 2. The minimum Gasteiger partial charge on any atom is -0.469 e. The Kier molecular flexibility index (Phi) is 3.38. The zero-order valence-corrected chi connectivity index (χ0v) is 7.97. The van der Waals surface area contributed by atoms with E-state index >= 15 is 0 Å². The molecule has 0 spiro atoms. The molecule has 5 nitrogen and oxygen atoms in total. The molecule has 1 N–H and O–H groups in total. The first-order valence-corrected chi connectivity index (χ1v) is 4.19. The zero-order valence-electron chi connectivity index (χ0n) is 7.97. The molecule has 0 fully saturated rings. The van der Waals surface area contributed by atoms with Crippen LogP contribution in [0.2, 0.25) is 0 Å². The lowest BCUT2D eigenvalue weighted by molar-refractivity contribution is -0.169. The van der Waals surface area contributed by atoms with Gasteiger partial charge in [0.2, 0.25) is 0 Å². The van der Waals surface area contributed by atoms with Gasteiger partial charge in [-0.3, -0.25) is 9.59 Å². The molecule has 0 amide bonds. The number of aliphatic hydroxyl groups excluding tert-OH is 1. The van der Waals surface area contributed by atoms with E-state index in [0.717, 1.165) is 0 Å². The van der Waals surface area contributed by atoms with Crippen molar-refractivity contribution in [2.45, 2.75) is 19.3 Å². The molecule has 0 saturated heterocycles. The Balaban J connectivity index is 2.72. The molecular weight excluding hydrogens is 188 g/mol. The summed E-state index contributed by atoms with van der Waals surface area (Å²) >= 11 is 0. The minimum absolute atomic E-state index is 0.340. The molecule has 1 aliphatic heterocycles. The Labute approximate surface area is 81.3 Å². The number of hydrogen-bond donors (Lipinski definition) is 1. The summed E-state index contributed by atoms with van der Waals surface area (Å²) in [6, 6.07) is 0. The predicted octanol–water partition coefficient (Wildman–Crippen LogP) is -0.362. The van der Waals surface area contributed by atoms with Gasteiger partial charge < -0.3 is 14.6 Å². The third-order valence-corrected chi connectivity index (χ3v) is 2.02. The maximum Gasteiger partial charge on any atom is 0.311 e. The van der Waals surface area contributed by atoms with Crippen LogP contribution in [-0.4, -0.2) is 36.4 Å². The molecule has 0 aromatic rings. The number of hydrogen-bond acceptors (Lipinski definition) is 5. The van der Waals surface area contributed by atoms with E-state index in [-0.39, 0.29) is 5.78 Å². The van der Waals surface area contributed by atoms with E-state index in [9.17, 15) is 9.59 Å². The van der Waals surface area contributed by atoms with E-state index < -0.39 is 24.3 Å². The van der Waals surface area contributed by atoms with Crippen LogP contribution in [0.1, 0.15) is 6.92 Å². The average molecular weight is 200 g/mol. The van der Waals surface area contributed by atoms with Crippen LogP contribution in [0.3, 0.4) is 0 Å². The number of methoxy groups -OCH3 is 1. The van der Waals surface area contributed by atoms with E-state index in [1.807, 2.05) is 0 Å². The van der Waals surface area contributed by atoms with Crippen molar-refractivity contribution in [2.24, 2.45) is 5.92 Å². The Morgan fingerprint density at radius 2 is 2.36 bits per heavy atom. The summed E-state index contributed by atoms with van der Waals surface area (Å²) in [5, 5.41) is 9.09. The first-order chi connectivity index (χ1) is 6.56. The normalized spacial score (nSPS) is 28.6. The van der Waals surface area contributed by atoms with Crippen LogP contribution in [0.15, 0.2) is 12.2 Å². The van der Waals surface area contributed by atoms with Gasteiger partial charge in [-0.15, -0.1) is 0 Å². The van der Waals surface area contributed by atoms with Crippen molar-refractivity contribution < 1.29 is 24.2 Å². The van der Waals surface area contributed by atoms with Gasteiger partial charge in [0.1, 0.15) is 6.10 Å². The number of ether oxygens (including phenoxy) is 2. The summed E-state index contributed by atoms with van der Waals surface area (Å²) in [6.45, 7) is 1.51. The molecule has 0 aliphatic carbocycles. The highest BCUT2D eigenvalue weighted by Crippen LogP contribution is 2.16. The van der Waals surface area contributed by atoms with Crippen molar-refractivity contribution >= 4 is 11.8 Å². The topological polar surface area (TPSA) is 72.8 Å². The van der Waals surface area contributed by atoms with Crippen LogP contribution in [0.25, 0.3) is 0 Å². The maximum atomic E-state index is 11.3. The first kappa shape index (κ1) is 10.9. The molecule has 0 saturated carbocycles. The van der Waals surface area contributed by atoms with Crippen molar-refractivity contribution in [2.75, 3.05) is 7.11 Å². The number of rotatable bonds is 2. The van der Waals surface area contributed by atoms with Gasteiger partial charge in [0.15, 0.2) is 12.1 Å². The van der Waals surface area contributed by atoms with Gasteiger partial charge in [-0.1, -0.05) is 0 Å². The molecule has 0 bridgehead atoms. The standard InChI is InChI=1S/C9H12O5/c1-5(9(12)13-2)8-6(10)3-4-7(11)14-8/h3-5,7-8,11H,1-2H3/t5-,7?,8?/m1/s1. The summed E-state index contributed by atoms with van der Waals surface area (Å²) in [7, 11) is 1.23. The first-order valence-electron chi connectivity index (χ1n) is 4.19. The molecule has 1 aliphatic rings. The monoisotopic (exact) mass is 200 g/mol. The summed E-state index contributed by atoms with van der Waals surface area (Å²) in [4.78, 5) is 22.4. The van der Waals surface area contributed by atoms with Crippen LogP contribution in [0.5, 0.6) is 0 Å². The molecule has 5 heteroatoms. The molecule has 14 heavy (non-hydrogen) atoms. The summed E-state index contributed by atoms with van der Waals surface area (Å²) < 4.78 is 9.37. The van der Waals surface area contributed by atoms with Crippen LogP contribution in [0.4, 0.5) is 0 Å². The molecule has 0 radical (unpaired) electrons. The predicted molar refractivity (Wildman–Crippen MR) is 46.2 cm³/mol. The van der Waals surface area contributed by atoms with Gasteiger partial charge >= 0.3 is 5.97 Å². The quantitative estimate of drug-likeness (QED) is 0.616. The molecule has 1 rings (SSSR count). The molecule has 3 atom stereocenters. The smallest absolute Gasteiger partial charge is 0.311 e. The largest absolute Gasteiger partial charge is 0.469 e. The summed E-state index contributed by atoms with van der Waals surface area (Å²) in [5.74, 6) is -1.59. The lowest BCUT2D eigenvalue weighted by Gasteiger charge is -2.24. The maximum absolute atomic E-state index is 11.3. The second-order valence-electron chi connectivity index (χ2n) is 3.02. The SMILES string of the molecule is COC(=O)[C@H](C)C1OC(O)C=CC1=O. The van der Waals surface area contributed by atoms with Gasteiger partial charge in [-0.2, -0.15) is 0 Å². The molecule has 0 aromatic heterocycles. The second kappa shape index (κ2) is 4.34. The van der Waals surface area contributed by atoms with E-state index in [0.29, 0.717) is 0 Å². The number of ketones is 1. The van der Waals surface area contributed by atoms with Crippen molar-refractivity contribution in [1.29, 1.82) is 0 Å². The molecule has 2 unspecified atom stereocenters. The van der Waals surface area contributed by atoms with Gasteiger partial charge in [0, 0.05) is 0 Å². The fraction of sp³-hybridized carbons (Fsp3) is 0.556. The summed E-state index contributed by atoms with van der Waals surface area (Å²) in [6.07, 6.45) is 0.341. The Hall–Kier alpha value is -1.20. The number of esters is 1. The molecule has 78 valence electrons. The van der Waals surface area contributed by atoms with Crippen LogP contribution >= 0.6 is 0 Å². The fourth-order valence-corrected chi connectivity index (χ4v) is 1.21. The fourth-order valence-electron chi connectivity index (χ4n) is 1.21. The Morgan fingerprint density at radius 1 is 1.71 bits per heavy atom. The van der Waals surface area contributed by atoms with Gasteiger partial charge in [-0.05, 0) is 19.1 Å². The van der Waals surface area contributed by atoms with Gasteiger partial charge in [0.05, 0.1) is 13.0 Å². The lowest BCUT2D eigenvalue weighted by Crippen LogP contribution is -2.40. The lowest BCUT2D eigenvalue weighted by atomic mass is 9.99. The summed E-state index contributed by atoms with van der Waals surface area (Å²) in [5.41, 5.74) is 0.